The molecule has 1 heterocycles. The van der Waals surface area contributed by atoms with E-state index >= 15 is 0 Å². The first-order chi connectivity index (χ1) is 13.4. The van der Waals surface area contributed by atoms with Crippen LogP contribution in [0.1, 0.15) is 32.5 Å². The molecule has 3 aromatic rings. The van der Waals surface area contributed by atoms with E-state index in [0.717, 1.165) is 5.56 Å². The second-order valence-electron chi connectivity index (χ2n) is 5.78. The van der Waals surface area contributed by atoms with Crippen molar-refractivity contribution < 1.29 is 9.59 Å². The first kappa shape index (κ1) is 20.1. The number of amides is 2. The van der Waals surface area contributed by atoms with Crippen molar-refractivity contribution in [3.63, 3.8) is 0 Å². The molecule has 28 heavy (non-hydrogen) atoms. The smallest absolute Gasteiger partial charge is 0.271 e. The lowest BCUT2D eigenvalue weighted by Crippen LogP contribution is -2.19. The third-order valence-electron chi connectivity index (χ3n) is 3.81. The quantitative estimate of drug-likeness (QED) is 0.415. The van der Waals surface area contributed by atoms with Gasteiger partial charge in [-0.15, -0.1) is 11.3 Å². The van der Waals surface area contributed by atoms with Crippen LogP contribution in [0.4, 0.5) is 5.69 Å². The van der Waals surface area contributed by atoms with Crippen molar-refractivity contribution in [2.45, 2.75) is 6.92 Å². The summed E-state index contributed by atoms with van der Waals surface area (Å²) in [5.74, 6) is -0.542. The van der Waals surface area contributed by atoms with Crippen molar-refractivity contribution in [3.05, 3.63) is 86.0 Å². The van der Waals surface area contributed by atoms with Crippen LogP contribution in [0.3, 0.4) is 0 Å². The predicted molar refractivity (Wildman–Crippen MR) is 115 cm³/mol. The fraction of sp³-hybridized carbons (Fsp3) is 0.0500. The van der Waals surface area contributed by atoms with Gasteiger partial charge in [-0.2, -0.15) is 5.10 Å². The summed E-state index contributed by atoms with van der Waals surface area (Å²) in [5, 5.41) is 9.47. The molecule has 0 aliphatic rings. The van der Waals surface area contributed by atoms with Crippen LogP contribution >= 0.6 is 34.5 Å². The van der Waals surface area contributed by atoms with Crippen LogP contribution in [0.25, 0.3) is 0 Å². The van der Waals surface area contributed by atoms with E-state index in [1.165, 1.54) is 17.4 Å². The molecule has 0 unspecified atom stereocenters. The Bertz CT molecular complexity index is 1030. The molecule has 5 nitrogen and oxygen atoms in total. The first-order valence-corrected chi connectivity index (χ1v) is 9.82. The molecule has 1 aromatic heterocycles. The molecule has 0 bridgehead atoms. The van der Waals surface area contributed by atoms with Gasteiger partial charge in [-0.25, -0.2) is 5.43 Å². The number of thiophene rings is 1. The van der Waals surface area contributed by atoms with Crippen molar-refractivity contribution in [2.24, 2.45) is 5.10 Å². The second-order valence-corrected chi connectivity index (χ2v) is 7.54. The average molecular weight is 432 g/mol. The van der Waals surface area contributed by atoms with Crippen molar-refractivity contribution in [1.82, 2.24) is 5.43 Å². The number of hydrogen-bond acceptors (Lipinski definition) is 4. The number of anilines is 1. The molecule has 3 rings (SSSR count). The average Bonchev–Trinajstić information content (AvgIpc) is 3.23. The molecule has 0 saturated carbocycles. The monoisotopic (exact) mass is 431 g/mol. The summed E-state index contributed by atoms with van der Waals surface area (Å²) in [6, 6.07) is 15.4. The number of nitrogens with zero attached hydrogens (tertiary/aromatic N) is 1. The zero-order valence-corrected chi connectivity index (χ0v) is 17.0. The Kier molecular flexibility index (Phi) is 6.46. The summed E-state index contributed by atoms with van der Waals surface area (Å²) in [5.41, 5.74) is 4.95. The molecule has 2 aromatic carbocycles. The standard InChI is InChI=1S/C20H15Cl2N3O2S/c1-12(24-25-19(26)14-6-9-16(21)17(22)11-14)13-4-7-15(8-5-13)23-20(27)18-3-2-10-28-18/h2-11H,1H3,(H,23,27)(H,25,26)/b24-12+. The number of rotatable bonds is 5. The number of carbonyl (C=O) groups is 2. The Morgan fingerprint density at radius 1 is 0.929 bits per heavy atom. The largest absolute Gasteiger partial charge is 0.321 e. The predicted octanol–water partition coefficient (Wildman–Crippen LogP) is 5.46. The fourth-order valence-corrected chi connectivity index (χ4v) is 3.21. The maximum Gasteiger partial charge on any atom is 0.271 e. The zero-order valence-electron chi connectivity index (χ0n) is 14.7. The van der Waals surface area contributed by atoms with Gasteiger partial charge in [0.1, 0.15) is 0 Å². The van der Waals surface area contributed by atoms with E-state index in [2.05, 4.69) is 15.8 Å². The lowest BCUT2D eigenvalue weighted by atomic mass is 10.1. The molecule has 0 aliphatic heterocycles. The van der Waals surface area contributed by atoms with Crippen LogP contribution in [-0.4, -0.2) is 17.5 Å². The number of benzene rings is 2. The number of hydrogen-bond donors (Lipinski definition) is 2. The summed E-state index contributed by atoms with van der Waals surface area (Å²) in [6.45, 7) is 1.77. The Labute approximate surface area is 176 Å². The van der Waals surface area contributed by atoms with Crippen LogP contribution in [0.5, 0.6) is 0 Å². The maximum absolute atomic E-state index is 12.2. The van der Waals surface area contributed by atoms with Gasteiger partial charge in [0.05, 0.1) is 20.6 Å². The van der Waals surface area contributed by atoms with Crippen LogP contribution in [0, 0.1) is 0 Å². The van der Waals surface area contributed by atoms with Crippen LogP contribution in [0.2, 0.25) is 10.0 Å². The minimum absolute atomic E-state index is 0.151. The third kappa shape index (κ3) is 4.98. The first-order valence-electron chi connectivity index (χ1n) is 8.19. The fourth-order valence-electron chi connectivity index (χ4n) is 2.30. The van der Waals surface area contributed by atoms with E-state index in [9.17, 15) is 9.59 Å². The van der Waals surface area contributed by atoms with E-state index in [4.69, 9.17) is 23.2 Å². The topological polar surface area (TPSA) is 70.6 Å². The van der Waals surface area contributed by atoms with Crippen molar-refractivity contribution in [1.29, 1.82) is 0 Å². The number of hydrazone groups is 1. The minimum atomic E-state index is -0.391. The highest BCUT2D eigenvalue weighted by atomic mass is 35.5. The molecular formula is C20H15Cl2N3O2S. The van der Waals surface area contributed by atoms with Crippen LogP contribution in [-0.2, 0) is 0 Å². The molecule has 0 radical (unpaired) electrons. The zero-order chi connectivity index (χ0) is 20.1. The molecule has 142 valence electrons. The summed E-state index contributed by atoms with van der Waals surface area (Å²) < 4.78 is 0. The van der Waals surface area contributed by atoms with Crippen molar-refractivity contribution in [2.75, 3.05) is 5.32 Å². The van der Waals surface area contributed by atoms with Gasteiger partial charge in [-0.05, 0) is 54.3 Å². The Hall–Kier alpha value is -2.67. The van der Waals surface area contributed by atoms with Gasteiger partial charge in [0, 0.05) is 11.3 Å². The highest BCUT2D eigenvalue weighted by Crippen LogP contribution is 2.22. The van der Waals surface area contributed by atoms with E-state index in [-0.39, 0.29) is 5.91 Å². The van der Waals surface area contributed by atoms with E-state index in [1.54, 1.807) is 37.3 Å². The molecule has 2 N–H and O–H groups in total. The molecular weight excluding hydrogens is 417 g/mol. The number of halogens is 2. The van der Waals surface area contributed by atoms with E-state index in [1.807, 2.05) is 23.6 Å². The van der Waals surface area contributed by atoms with Crippen LogP contribution in [0.15, 0.2) is 65.1 Å². The van der Waals surface area contributed by atoms with Crippen LogP contribution < -0.4 is 10.7 Å². The summed E-state index contributed by atoms with van der Waals surface area (Å²) in [6.07, 6.45) is 0. The summed E-state index contributed by atoms with van der Waals surface area (Å²) in [7, 11) is 0. The van der Waals surface area contributed by atoms with Gasteiger partial charge >= 0.3 is 0 Å². The molecule has 0 spiro atoms. The molecule has 8 heteroatoms. The van der Waals surface area contributed by atoms with Gasteiger partial charge in [-0.1, -0.05) is 41.4 Å². The summed E-state index contributed by atoms with van der Waals surface area (Å²) >= 11 is 13.2. The van der Waals surface area contributed by atoms with Crippen molar-refractivity contribution >= 4 is 57.8 Å². The number of nitrogens with one attached hydrogen (secondary N) is 2. The Morgan fingerprint density at radius 3 is 2.29 bits per heavy atom. The Balaban J connectivity index is 1.63. The SMILES string of the molecule is C/C(=N\NC(=O)c1ccc(Cl)c(Cl)c1)c1ccc(NC(=O)c2cccs2)cc1. The summed E-state index contributed by atoms with van der Waals surface area (Å²) in [4.78, 5) is 24.9. The highest BCUT2D eigenvalue weighted by Gasteiger charge is 2.09. The lowest BCUT2D eigenvalue weighted by molar-refractivity contribution is 0.0954. The molecule has 0 saturated heterocycles. The van der Waals surface area contributed by atoms with Gasteiger partial charge in [0.15, 0.2) is 0 Å². The normalized spacial score (nSPS) is 11.2. The Morgan fingerprint density at radius 2 is 1.64 bits per heavy atom. The lowest BCUT2D eigenvalue weighted by Gasteiger charge is -2.06. The highest BCUT2D eigenvalue weighted by molar-refractivity contribution is 7.12. The second kappa shape index (κ2) is 9.01. The van der Waals surface area contributed by atoms with Gasteiger partial charge < -0.3 is 5.32 Å². The molecule has 0 aliphatic carbocycles. The van der Waals surface area contributed by atoms with Crippen molar-refractivity contribution in [3.8, 4) is 0 Å². The maximum atomic E-state index is 12.2. The van der Waals surface area contributed by atoms with Gasteiger partial charge in [0.2, 0.25) is 0 Å². The number of carbonyl (C=O) groups excluding carboxylic acids is 2. The van der Waals surface area contributed by atoms with E-state index < -0.39 is 5.91 Å². The third-order valence-corrected chi connectivity index (χ3v) is 5.42. The van der Waals surface area contributed by atoms with E-state index in [0.29, 0.717) is 31.9 Å². The molecule has 0 fully saturated rings. The van der Waals surface area contributed by atoms with Gasteiger partial charge in [0.25, 0.3) is 11.8 Å². The van der Waals surface area contributed by atoms with Gasteiger partial charge in [-0.3, -0.25) is 9.59 Å². The minimum Gasteiger partial charge on any atom is -0.321 e. The molecule has 0 atom stereocenters. The molecule has 2 amide bonds.